The molecular weight excluding hydrogens is 146 g/mol. The molecule has 6 nitrogen and oxygen atoms in total. The Morgan fingerprint density at radius 2 is 2.27 bits per heavy atom. The molecule has 6 heteroatoms. The van der Waals surface area contributed by atoms with Gasteiger partial charge in [0.1, 0.15) is 0 Å². The molecule has 3 N–H and O–H groups in total. The van der Waals surface area contributed by atoms with Crippen LogP contribution >= 0.6 is 0 Å². The third-order valence-electron chi connectivity index (χ3n) is 1.10. The SMILES string of the molecule is CC(C)(O)Cn1nnnc1N. The van der Waals surface area contributed by atoms with Crippen molar-refractivity contribution in [2.24, 2.45) is 0 Å². The van der Waals surface area contributed by atoms with E-state index in [2.05, 4.69) is 15.5 Å². The number of tetrazole rings is 1. The molecule has 0 saturated heterocycles. The molecule has 0 spiro atoms. The van der Waals surface area contributed by atoms with Crippen molar-refractivity contribution in [3.63, 3.8) is 0 Å². The highest BCUT2D eigenvalue weighted by Gasteiger charge is 2.15. The van der Waals surface area contributed by atoms with Crippen LogP contribution in [0.2, 0.25) is 0 Å². The smallest absolute Gasteiger partial charge is 0.240 e. The van der Waals surface area contributed by atoms with Crippen LogP contribution in [0.4, 0.5) is 5.95 Å². The number of nitrogens with two attached hydrogens (primary N) is 1. The average Bonchev–Trinajstić information content (AvgIpc) is 2.12. The molecule has 1 heterocycles. The van der Waals surface area contributed by atoms with Gasteiger partial charge in [0.15, 0.2) is 0 Å². The highest BCUT2D eigenvalue weighted by Crippen LogP contribution is 2.05. The van der Waals surface area contributed by atoms with Gasteiger partial charge in [0.2, 0.25) is 5.95 Å². The van der Waals surface area contributed by atoms with Crippen molar-refractivity contribution in [3.8, 4) is 0 Å². The number of anilines is 1. The number of rotatable bonds is 2. The molecule has 0 fully saturated rings. The predicted molar refractivity (Wildman–Crippen MR) is 38.5 cm³/mol. The largest absolute Gasteiger partial charge is 0.389 e. The van der Waals surface area contributed by atoms with Crippen LogP contribution in [-0.4, -0.2) is 30.9 Å². The van der Waals surface area contributed by atoms with Crippen LogP contribution in [-0.2, 0) is 6.54 Å². The van der Waals surface area contributed by atoms with E-state index in [-0.39, 0.29) is 5.95 Å². The van der Waals surface area contributed by atoms with Gasteiger partial charge < -0.3 is 10.8 Å². The number of hydrogen-bond donors (Lipinski definition) is 2. The number of hydrogen-bond acceptors (Lipinski definition) is 5. The molecule has 0 aliphatic carbocycles. The molecule has 0 atom stereocenters. The summed E-state index contributed by atoms with van der Waals surface area (Å²) in [6, 6.07) is 0. The van der Waals surface area contributed by atoms with Crippen molar-refractivity contribution in [2.45, 2.75) is 26.0 Å². The Morgan fingerprint density at radius 1 is 1.64 bits per heavy atom. The van der Waals surface area contributed by atoms with Gasteiger partial charge in [0.05, 0.1) is 12.1 Å². The van der Waals surface area contributed by atoms with Gasteiger partial charge in [0.25, 0.3) is 0 Å². The molecule has 62 valence electrons. The minimum atomic E-state index is -0.844. The van der Waals surface area contributed by atoms with Gasteiger partial charge in [-0.3, -0.25) is 0 Å². The second kappa shape index (κ2) is 2.46. The van der Waals surface area contributed by atoms with Crippen LogP contribution in [0, 0.1) is 0 Å². The molecule has 0 bridgehead atoms. The van der Waals surface area contributed by atoms with E-state index in [0.717, 1.165) is 0 Å². The fourth-order valence-corrected chi connectivity index (χ4v) is 0.691. The van der Waals surface area contributed by atoms with Crippen LogP contribution in [0.25, 0.3) is 0 Å². The topological polar surface area (TPSA) is 89.8 Å². The zero-order chi connectivity index (χ0) is 8.48. The van der Waals surface area contributed by atoms with E-state index in [1.165, 1.54) is 4.68 Å². The Balaban J connectivity index is 2.72. The lowest BCUT2D eigenvalue weighted by molar-refractivity contribution is 0.0578. The number of aromatic nitrogens is 4. The second-order valence-corrected chi connectivity index (χ2v) is 3.01. The normalized spacial score (nSPS) is 11.9. The van der Waals surface area contributed by atoms with E-state index in [9.17, 15) is 5.11 Å². The number of nitrogen functional groups attached to an aromatic ring is 1. The molecule has 1 aromatic rings. The first-order valence-electron chi connectivity index (χ1n) is 3.23. The second-order valence-electron chi connectivity index (χ2n) is 3.01. The minimum Gasteiger partial charge on any atom is -0.389 e. The van der Waals surface area contributed by atoms with E-state index in [1.54, 1.807) is 13.8 Å². The highest BCUT2D eigenvalue weighted by molar-refractivity contribution is 5.10. The van der Waals surface area contributed by atoms with E-state index >= 15 is 0 Å². The van der Waals surface area contributed by atoms with Gasteiger partial charge >= 0.3 is 0 Å². The zero-order valence-corrected chi connectivity index (χ0v) is 6.52. The Labute approximate surface area is 64.0 Å². The van der Waals surface area contributed by atoms with Crippen molar-refractivity contribution in [3.05, 3.63) is 0 Å². The molecule has 0 amide bonds. The molecule has 0 aliphatic heterocycles. The summed E-state index contributed by atoms with van der Waals surface area (Å²) in [5.41, 5.74) is 4.52. The van der Waals surface area contributed by atoms with Crippen molar-refractivity contribution >= 4 is 5.95 Å². The molecule has 1 aromatic heterocycles. The maximum absolute atomic E-state index is 9.34. The van der Waals surface area contributed by atoms with Crippen LogP contribution in [0.15, 0.2) is 0 Å². The first-order chi connectivity index (χ1) is 4.99. The maximum atomic E-state index is 9.34. The molecule has 0 unspecified atom stereocenters. The Kier molecular flexibility index (Phi) is 1.77. The molecule has 0 aliphatic rings. The van der Waals surface area contributed by atoms with Gasteiger partial charge in [-0.05, 0) is 24.3 Å². The summed E-state index contributed by atoms with van der Waals surface area (Å²) in [6.45, 7) is 3.62. The summed E-state index contributed by atoms with van der Waals surface area (Å²) in [6.07, 6.45) is 0. The van der Waals surface area contributed by atoms with Gasteiger partial charge in [-0.2, -0.15) is 0 Å². The first kappa shape index (κ1) is 7.93. The third-order valence-corrected chi connectivity index (χ3v) is 1.10. The zero-order valence-electron chi connectivity index (χ0n) is 6.52. The lowest BCUT2D eigenvalue weighted by atomic mass is 10.1. The Bertz CT molecular complexity index is 237. The van der Waals surface area contributed by atoms with Crippen molar-refractivity contribution in [1.82, 2.24) is 20.2 Å². The van der Waals surface area contributed by atoms with Crippen LogP contribution < -0.4 is 5.73 Å². The molecular formula is C5H11N5O. The fourth-order valence-electron chi connectivity index (χ4n) is 0.691. The molecule has 0 aromatic carbocycles. The lowest BCUT2D eigenvalue weighted by Crippen LogP contribution is -2.27. The monoisotopic (exact) mass is 157 g/mol. The van der Waals surface area contributed by atoms with Crippen LogP contribution in [0.3, 0.4) is 0 Å². The molecule has 1 rings (SSSR count). The van der Waals surface area contributed by atoms with Crippen molar-refractivity contribution in [2.75, 3.05) is 5.73 Å². The third kappa shape index (κ3) is 2.15. The molecule has 0 radical (unpaired) electrons. The Morgan fingerprint density at radius 3 is 2.64 bits per heavy atom. The summed E-state index contributed by atoms with van der Waals surface area (Å²) < 4.78 is 1.35. The quantitative estimate of drug-likeness (QED) is 0.576. The van der Waals surface area contributed by atoms with Gasteiger partial charge in [0, 0.05) is 0 Å². The fraction of sp³-hybridized carbons (Fsp3) is 0.800. The summed E-state index contributed by atoms with van der Waals surface area (Å²) in [7, 11) is 0. The summed E-state index contributed by atoms with van der Waals surface area (Å²) in [4.78, 5) is 0. The number of nitrogens with zero attached hydrogens (tertiary/aromatic N) is 4. The first-order valence-corrected chi connectivity index (χ1v) is 3.23. The van der Waals surface area contributed by atoms with Gasteiger partial charge in [-0.25, -0.2) is 4.68 Å². The van der Waals surface area contributed by atoms with Crippen molar-refractivity contribution in [1.29, 1.82) is 0 Å². The Hall–Kier alpha value is -1.17. The highest BCUT2D eigenvalue weighted by atomic mass is 16.3. The van der Waals surface area contributed by atoms with E-state index < -0.39 is 5.60 Å². The average molecular weight is 157 g/mol. The van der Waals surface area contributed by atoms with Gasteiger partial charge in [-0.15, -0.1) is 0 Å². The maximum Gasteiger partial charge on any atom is 0.240 e. The van der Waals surface area contributed by atoms with Gasteiger partial charge in [-0.1, -0.05) is 5.10 Å². The minimum absolute atomic E-state index is 0.215. The molecule has 11 heavy (non-hydrogen) atoms. The summed E-state index contributed by atoms with van der Waals surface area (Å²) in [5, 5.41) is 19.7. The predicted octanol–water partition coefficient (Wildman–Crippen LogP) is -0.974. The summed E-state index contributed by atoms with van der Waals surface area (Å²) >= 11 is 0. The van der Waals surface area contributed by atoms with Crippen molar-refractivity contribution < 1.29 is 5.11 Å². The summed E-state index contributed by atoms with van der Waals surface area (Å²) in [5.74, 6) is 0.215. The number of aliphatic hydroxyl groups is 1. The van der Waals surface area contributed by atoms with Crippen LogP contribution in [0.1, 0.15) is 13.8 Å². The van der Waals surface area contributed by atoms with E-state index in [4.69, 9.17) is 5.73 Å². The lowest BCUT2D eigenvalue weighted by Gasteiger charge is -2.15. The molecule has 0 saturated carbocycles. The standard InChI is InChI=1S/C5H11N5O/c1-5(2,11)3-10-4(6)7-8-9-10/h11H,3H2,1-2H3,(H2,6,7,9). The van der Waals surface area contributed by atoms with E-state index in [0.29, 0.717) is 6.54 Å². The van der Waals surface area contributed by atoms with E-state index in [1.807, 2.05) is 0 Å². The van der Waals surface area contributed by atoms with Crippen LogP contribution in [0.5, 0.6) is 0 Å².